The van der Waals surface area contributed by atoms with Crippen LogP contribution < -0.4 is 0 Å². The van der Waals surface area contributed by atoms with Gasteiger partial charge >= 0.3 is 5.97 Å². The highest BCUT2D eigenvalue weighted by molar-refractivity contribution is 5.84. The third kappa shape index (κ3) is 3.54. The largest absolute Gasteiger partial charge is 0.480 e. The van der Waals surface area contributed by atoms with Crippen molar-refractivity contribution in [3.05, 3.63) is 35.9 Å². The predicted octanol–water partition coefficient (Wildman–Crippen LogP) is 1.28. The zero-order chi connectivity index (χ0) is 13.7. The number of benzene rings is 1. The van der Waals surface area contributed by atoms with Crippen LogP contribution in [0.4, 0.5) is 0 Å². The summed E-state index contributed by atoms with van der Waals surface area (Å²) in [5.41, 5.74) is 0.992. The molecule has 0 aromatic heterocycles. The Hall–Kier alpha value is -1.88. The quantitative estimate of drug-likeness (QED) is 0.869. The number of amides is 1. The van der Waals surface area contributed by atoms with Crippen molar-refractivity contribution in [3.63, 3.8) is 0 Å². The first-order valence-corrected chi connectivity index (χ1v) is 6.32. The maximum atomic E-state index is 11.9. The minimum absolute atomic E-state index is 0.0708. The third-order valence-electron chi connectivity index (χ3n) is 3.20. The summed E-state index contributed by atoms with van der Waals surface area (Å²) in [6, 6.07) is 8.87. The molecule has 0 spiro atoms. The highest BCUT2D eigenvalue weighted by Crippen LogP contribution is 2.17. The van der Waals surface area contributed by atoms with Crippen molar-refractivity contribution in [2.75, 3.05) is 13.2 Å². The van der Waals surface area contributed by atoms with Crippen LogP contribution in [0.15, 0.2) is 30.3 Å². The van der Waals surface area contributed by atoms with Gasteiger partial charge in [-0.15, -0.1) is 0 Å². The number of likely N-dealkylation sites (tertiary alicyclic amines) is 1. The van der Waals surface area contributed by atoms with Gasteiger partial charge in [0.05, 0.1) is 6.61 Å². The van der Waals surface area contributed by atoms with E-state index in [1.165, 1.54) is 4.90 Å². The van der Waals surface area contributed by atoms with Crippen molar-refractivity contribution in [1.29, 1.82) is 0 Å². The van der Waals surface area contributed by atoms with E-state index < -0.39 is 12.0 Å². The molecule has 1 aliphatic rings. The first-order valence-electron chi connectivity index (χ1n) is 6.32. The Morgan fingerprint density at radius 3 is 2.74 bits per heavy atom. The van der Waals surface area contributed by atoms with Crippen LogP contribution in [0, 0.1) is 0 Å². The molecule has 2 rings (SSSR count). The van der Waals surface area contributed by atoms with Gasteiger partial charge in [0, 0.05) is 6.54 Å². The molecule has 1 aromatic rings. The monoisotopic (exact) mass is 263 g/mol. The Kier molecular flexibility index (Phi) is 4.52. The lowest BCUT2D eigenvalue weighted by molar-refractivity contribution is -0.150. The van der Waals surface area contributed by atoms with Crippen molar-refractivity contribution < 1.29 is 19.4 Å². The van der Waals surface area contributed by atoms with E-state index in [0.29, 0.717) is 19.6 Å². The van der Waals surface area contributed by atoms with Crippen LogP contribution in [0.25, 0.3) is 0 Å². The highest BCUT2D eigenvalue weighted by atomic mass is 16.5. The van der Waals surface area contributed by atoms with Crippen molar-refractivity contribution in [2.24, 2.45) is 0 Å². The molecule has 1 N–H and O–H groups in total. The Balaban J connectivity index is 1.80. The zero-order valence-corrected chi connectivity index (χ0v) is 10.6. The van der Waals surface area contributed by atoms with E-state index in [0.717, 1.165) is 12.0 Å². The molecule has 1 atom stereocenters. The van der Waals surface area contributed by atoms with E-state index in [4.69, 9.17) is 9.84 Å². The van der Waals surface area contributed by atoms with Crippen molar-refractivity contribution in [2.45, 2.75) is 25.5 Å². The minimum atomic E-state index is -0.936. The van der Waals surface area contributed by atoms with Crippen LogP contribution in [0.5, 0.6) is 0 Å². The van der Waals surface area contributed by atoms with Crippen molar-refractivity contribution in [1.82, 2.24) is 4.90 Å². The van der Waals surface area contributed by atoms with Gasteiger partial charge in [0.2, 0.25) is 5.91 Å². The molecule has 1 heterocycles. The number of aliphatic carboxylic acids is 1. The summed E-state index contributed by atoms with van der Waals surface area (Å²) in [6.45, 7) is 0.793. The Labute approximate surface area is 111 Å². The first-order chi connectivity index (χ1) is 9.18. The predicted molar refractivity (Wildman–Crippen MR) is 68.5 cm³/mol. The summed E-state index contributed by atoms with van der Waals surface area (Å²) in [5.74, 6) is -1.19. The maximum absolute atomic E-state index is 11.9. The molecule has 5 heteroatoms. The number of carboxylic acid groups (broad SMARTS) is 1. The Bertz CT molecular complexity index is 446. The van der Waals surface area contributed by atoms with E-state index in [1.54, 1.807) is 0 Å². The third-order valence-corrected chi connectivity index (χ3v) is 3.20. The molecule has 102 valence electrons. The molecule has 0 bridgehead atoms. The lowest BCUT2D eigenvalue weighted by Gasteiger charge is -2.21. The minimum Gasteiger partial charge on any atom is -0.480 e. The molecule has 0 aliphatic carbocycles. The second-order valence-electron chi connectivity index (χ2n) is 4.56. The van der Waals surface area contributed by atoms with Gasteiger partial charge in [-0.25, -0.2) is 4.79 Å². The van der Waals surface area contributed by atoms with Crippen LogP contribution >= 0.6 is 0 Å². The molecule has 19 heavy (non-hydrogen) atoms. The van der Waals surface area contributed by atoms with Gasteiger partial charge in [0.15, 0.2) is 0 Å². The number of ether oxygens (including phenoxy) is 1. The lowest BCUT2D eigenvalue weighted by Crippen LogP contribution is -2.42. The van der Waals surface area contributed by atoms with Gasteiger partial charge in [-0.05, 0) is 18.4 Å². The van der Waals surface area contributed by atoms with Crippen molar-refractivity contribution in [3.8, 4) is 0 Å². The summed E-state index contributed by atoms with van der Waals surface area (Å²) >= 11 is 0. The van der Waals surface area contributed by atoms with Crippen LogP contribution in [-0.2, 0) is 20.9 Å². The highest BCUT2D eigenvalue weighted by Gasteiger charge is 2.33. The Morgan fingerprint density at radius 1 is 1.32 bits per heavy atom. The van der Waals surface area contributed by atoms with E-state index in [-0.39, 0.29) is 12.5 Å². The molecule has 0 unspecified atom stereocenters. The second-order valence-corrected chi connectivity index (χ2v) is 4.56. The number of carboxylic acids is 1. The molecular weight excluding hydrogens is 246 g/mol. The molecule has 1 fully saturated rings. The van der Waals surface area contributed by atoms with Gasteiger partial charge in [0.1, 0.15) is 12.6 Å². The average molecular weight is 263 g/mol. The maximum Gasteiger partial charge on any atom is 0.326 e. The van der Waals surface area contributed by atoms with E-state index in [9.17, 15) is 9.59 Å². The van der Waals surface area contributed by atoms with Crippen LogP contribution in [0.1, 0.15) is 18.4 Å². The number of carbonyl (C=O) groups is 2. The second kappa shape index (κ2) is 6.33. The lowest BCUT2D eigenvalue weighted by atomic mass is 10.2. The fourth-order valence-electron chi connectivity index (χ4n) is 2.24. The van der Waals surface area contributed by atoms with E-state index in [2.05, 4.69) is 0 Å². The van der Waals surface area contributed by atoms with Gasteiger partial charge < -0.3 is 14.7 Å². The van der Waals surface area contributed by atoms with Crippen molar-refractivity contribution >= 4 is 11.9 Å². The number of rotatable bonds is 5. The van der Waals surface area contributed by atoms with Gasteiger partial charge in [-0.3, -0.25) is 4.79 Å². The molecule has 0 radical (unpaired) electrons. The number of hydrogen-bond donors (Lipinski definition) is 1. The molecule has 1 amide bonds. The van der Waals surface area contributed by atoms with Gasteiger partial charge in [-0.2, -0.15) is 0 Å². The smallest absolute Gasteiger partial charge is 0.326 e. The Morgan fingerprint density at radius 2 is 2.05 bits per heavy atom. The van der Waals surface area contributed by atoms with E-state index >= 15 is 0 Å². The molecule has 1 aromatic carbocycles. The number of hydrogen-bond acceptors (Lipinski definition) is 3. The van der Waals surface area contributed by atoms with Gasteiger partial charge in [0.25, 0.3) is 0 Å². The van der Waals surface area contributed by atoms with E-state index in [1.807, 2.05) is 30.3 Å². The summed E-state index contributed by atoms with van der Waals surface area (Å²) in [6.07, 6.45) is 1.27. The molecule has 1 saturated heterocycles. The average Bonchev–Trinajstić information content (AvgIpc) is 2.89. The fraction of sp³-hybridized carbons (Fsp3) is 0.429. The summed E-state index contributed by atoms with van der Waals surface area (Å²) < 4.78 is 5.34. The topological polar surface area (TPSA) is 66.8 Å². The first kappa shape index (κ1) is 13.5. The summed E-state index contributed by atoms with van der Waals surface area (Å²) in [4.78, 5) is 24.3. The number of nitrogens with zero attached hydrogens (tertiary/aromatic N) is 1. The molecule has 0 saturated carbocycles. The number of carbonyl (C=O) groups excluding carboxylic acids is 1. The van der Waals surface area contributed by atoms with Gasteiger partial charge in [-0.1, -0.05) is 30.3 Å². The summed E-state index contributed by atoms with van der Waals surface area (Å²) in [7, 11) is 0. The molecule has 5 nitrogen and oxygen atoms in total. The SMILES string of the molecule is O=C(O)[C@H]1CCCN1C(=O)COCc1ccccc1. The summed E-state index contributed by atoms with van der Waals surface area (Å²) in [5, 5.41) is 9.00. The molecular formula is C14H17NO4. The molecule has 1 aliphatic heterocycles. The van der Waals surface area contributed by atoms with Crippen LogP contribution in [-0.4, -0.2) is 41.1 Å². The van der Waals surface area contributed by atoms with Crippen LogP contribution in [0.3, 0.4) is 0 Å². The fourth-order valence-corrected chi connectivity index (χ4v) is 2.24. The standard InChI is InChI=1S/C14H17NO4/c16-13(15-8-4-7-12(15)14(17)18)10-19-9-11-5-2-1-3-6-11/h1-3,5-6,12H,4,7-10H2,(H,17,18)/t12-/m1/s1. The van der Waals surface area contributed by atoms with Crippen LogP contribution in [0.2, 0.25) is 0 Å². The normalized spacial score (nSPS) is 18.5. The zero-order valence-electron chi connectivity index (χ0n) is 10.6.